The molecule has 0 aliphatic rings. The summed E-state index contributed by atoms with van der Waals surface area (Å²) < 4.78 is 0.774. The molecule has 0 bridgehead atoms. The van der Waals surface area contributed by atoms with E-state index in [4.69, 9.17) is 5.26 Å². The lowest BCUT2D eigenvalue weighted by Gasteiger charge is -2.19. The quantitative estimate of drug-likeness (QED) is 0.864. The van der Waals surface area contributed by atoms with Crippen LogP contribution >= 0.6 is 15.9 Å². The van der Waals surface area contributed by atoms with Gasteiger partial charge < -0.3 is 5.32 Å². The molecule has 0 radical (unpaired) electrons. The SMILES string of the molecule is CC(C)(C)c1ccc(Nc2ncc(C#N)cc2Br)cc1. The van der Waals surface area contributed by atoms with Crippen LogP contribution in [-0.2, 0) is 5.41 Å². The van der Waals surface area contributed by atoms with Gasteiger partial charge in [0.2, 0.25) is 0 Å². The van der Waals surface area contributed by atoms with Crippen LogP contribution < -0.4 is 5.32 Å². The van der Waals surface area contributed by atoms with Crippen LogP contribution in [0.1, 0.15) is 31.9 Å². The molecule has 1 N–H and O–H groups in total. The lowest BCUT2D eigenvalue weighted by Crippen LogP contribution is -2.10. The highest BCUT2D eigenvalue weighted by atomic mass is 79.9. The summed E-state index contributed by atoms with van der Waals surface area (Å²) in [5.74, 6) is 0.701. The van der Waals surface area contributed by atoms with E-state index in [1.165, 1.54) is 5.56 Å². The van der Waals surface area contributed by atoms with Gasteiger partial charge in [-0.3, -0.25) is 0 Å². The maximum absolute atomic E-state index is 8.82. The molecule has 0 spiro atoms. The molecule has 1 aromatic heterocycles. The van der Waals surface area contributed by atoms with Crippen molar-refractivity contribution in [3.05, 3.63) is 52.1 Å². The largest absolute Gasteiger partial charge is 0.339 e. The molecule has 20 heavy (non-hydrogen) atoms. The van der Waals surface area contributed by atoms with Crippen molar-refractivity contribution in [2.45, 2.75) is 26.2 Å². The van der Waals surface area contributed by atoms with Crippen molar-refractivity contribution in [2.75, 3.05) is 5.32 Å². The zero-order valence-corrected chi connectivity index (χ0v) is 13.3. The summed E-state index contributed by atoms with van der Waals surface area (Å²) in [7, 11) is 0. The van der Waals surface area contributed by atoms with Crippen molar-refractivity contribution in [1.29, 1.82) is 5.26 Å². The Kier molecular flexibility index (Phi) is 4.10. The van der Waals surface area contributed by atoms with Crippen molar-refractivity contribution in [1.82, 2.24) is 4.98 Å². The molecular weight excluding hydrogens is 314 g/mol. The summed E-state index contributed by atoms with van der Waals surface area (Å²) in [6.07, 6.45) is 1.55. The highest BCUT2D eigenvalue weighted by Gasteiger charge is 2.13. The normalized spacial score (nSPS) is 10.9. The molecule has 3 nitrogen and oxygen atoms in total. The molecule has 102 valence electrons. The smallest absolute Gasteiger partial charge is 0.144 e. The molecule has 0 atom stereocenters. The van der Waals surface area contributed by atoms with E-state index in [0.717, 1.165) is 10.2 Å². The van der Waals surface area contributed by atoms with Gasteiger partial charge in [-0.25, -0.2) is 4.98 Å². The Morgan fingerprint density at radius 1 is 1.20 bits per heavy atom. The van der Waals surface area contributed by atoms with E-state index in [-0.39, 0.29) is 5.41 Å². The number of nitrogens with one attached hydrogen (secondary N) is 1. The molecule has 2 rings (SSSR count). The monoisotopic (exact) mass is 329 g/mol. The first-order chi connectivity index (χ1) is 9.40. The molecule has 1 heterocycles. The Labute approximate surface area is 127 Å². The second kappa shape index (κ2) is 5.64. The first-order valence-electron chi connectivity index (χ1n) is 6.33. The second-order valence-corrected chi connectivity index (χ2v) is 6.47. The lowest BCUT2D eigenvalue weighted by atomic mass is 9.87. The minimum Gasteiger partial charge on any atom is -0.339 e. The van der Waals surface area contributed by atoms with Crippen molar-refractivity contribution in [2.24, 2.45) is 0 Å². The number of nitriles is 1. The average Bonchev–Trinajstić information content (AvgIpc) is 2.40. The second-order valence-electron chi connectivity index (χ2n) is 5.62. The molecule has 0 saturated carbocycles. The lowest BCUT2D eigenvalue weighted by molar-refractivity contribution is 0.590. The van der Waals surface area contributed by atoms with Gasteiger partial charge in [0.15, 0.2) is 0 Å². The number of nitrogens with zero attached hydrogens (tertiary/aromatic N) is 2. The fourth-order valence-electron chi connectivity index (χ4n) is 1.78. The van der Waals surface area contributed by atoms with Crippen LogP contribution in [0.5, 0.6) is 0 Å². The van der Waals surface area contributed by atoms with Crippen LogP contribution in [0.15, 0.2) is 41.0 Å². The molecule has 0 aliphatic heterocycles. The van der Waals surface area contributed by atoms with Crippen LogP contribution in [0.4, 0.5) is 11.5 Å². The highest BCUT2D eigenvalue weighted by Crippen LogP contribution is 2.27. The number of hydrogen-bond acceptors (Lipinski definition) is 3. The van der Waals surface area contributed by atoms with Crippen molar-refractivity contribution >= 4 is 27.4 Å². The third-order valence-corrected chi connectivity index (χ3v) is 3.59. The van der Waals surface area contributed by atoms with Gasteiger partial charge in [-0.05, 0) is 45.1 Å². The number of benzene rings is 1. The Hall–Kier alpha value is -1.86. The Morgan fingerprint density at radius 2 is 1.85 bits per heavy atom. The van der Waals surface area contributed by atoms with Gasteiger partial charge in [-0.2, -0.15) is 5.26 Å². The number of halogens is 1. The fourth-order valence-corrected chi connectivity index (χ4v) is 2.23. The third kappa shape index (κ3) is 3.37. The molecule has 0 saturated heterocycles. The van der Waals surface area contributed by atoms with Crippen LogP contribution in [0.3, 0.4) is 0 Å². The predicted octanol–water partition coefficient (Wildman–Crippen LogP) is 4.76. The van der Waals surface area contributed by atoms with E-state index in [0.29, 0.717) is 11.4 Å². The van der Waals surface area contributed by atoms with Gasteiger partial charge in [-0.1, -0.05) is 32.9 Å². The first kappa shape index (κ1) is 14.5. The summed E-state index contributed by atoms with van der Waals surface area (Å²) in [5, 5.41) is 12.1. The molecule has 0 fully saturated rings. The summed E-state index contributed by atoms with van der Waals surface area (Å²) in [5.41, 5.74) is 2.93. The highest BCUT2D eigenvalue weighted by molar-refractivity contribution is 9.10. The van der Waals surface area contributed by atoms with Crippen LogP contribution in [0.2, 0.25) is 0 Å². The molecule has 0 unspecified atom stereocenters. The van der Waals surface area contributed by atoms with Gasteiger partial charge in [0.25, 0.3) is 0 Å². The summed E-state index contributed by atoms with van der Waals surface area (Å²) in [6, 6.07) is 12.1. The fraction of sp³-hybridized carbons (Fsp3) is 0.250. The van der Waals surface area contributed by atoms with Gasteiger partial charge in [-0.15, -0.1) is 0 Å². The van der Waals surface area contributed by atoms with E-state index in [1.54, 1.807) is 12.3 Å². The number of anilines is 2. The minimum atomic E-state index is 0.145. The molecular formula is C16H16BrN3. The number of pyridine rings is 1. The van der Waals surface area contributed by atoms with E-state index in [9.17, 15) is 0 Å². The van der Waals surface area contributed by atoms with Crippen molar-refractivity contribution in [3.63, 3.8) is 0 Å². The number of hydrogen-bond donors (Lipinski definition) is 1. The molecule has 4 heteroatoms. The Balaban J connectivity index is 2.21. The van der Waals surface area contributed by atoms with Gasteiger partial charge >= 0.3 is 0 Å². The minimum absolute atomic E-state index is 0.145. The Bertz CT molecular complexity index is 649. The van der Waals surface area contributed by atoms with Gasteiger partial charge in [0.1, 0.15) is 11.9 Å². The summed E-state index contributed by atoms with van der Waals surface area (Å²) in [4.78, 5) is 4.24. The van der Waals surface area contributed by atoms with E-state index in [1.807, 2.05) is 12.1 Å². The third-order valence-electron chi connectivity index (χ3n) is 2.98. The van der Waals surface area contributed by atoms with E-state index < -0.39 is 0 Å². The standard InChI is InChI=1S/C16H16BrN3/c1-16(2,3)12-4-6-13(7-5-12)20-15-14(17)8-11(9-18)10-19-15/h4-8,10H,1-3H3,(H,19,20). The zero-order chi connectivity index (χ0) is 14.8. The van der Waals surface area contributed by atoms with Crippen LogP contribution in [-0.4, -0.2) is 4.98 Å². The number of aromatic nitrogens is 1. The topological polar surface area (TPSA) is 48.7 Å². The maximum Gasteiger partial charge on any atom is 0.144 e. The van der Waals surface area contributed by atoms with E-state index >= 15 is 0 Å². The summed E-state index contributed by atoms with van der Waals surface area (Å²) in [6.45, 7) is 6.57. The molecule has 2 aromatic rings. The van der Waals surface area contributed by atoms with Crippen LogP contribution in [0, 0.1) is 11.3 Å². The predicted molar refractivity (Wildman–Crippen MR) is 85.1 cm³/mol. The van der Waals surface area contributed by atoms with E-state index in [2.05, 4.69) is 65.2 Å². The molecule has 0 amide bonds. The molecule has 0 aliphatic carbocycles. The van der Waals surface area contributed by atoms with Gasteiger partial charge in [0.05, 0.1) is 10.0 Å². The van der Waals surface area contributed by atoms with Gasteiger partial charge in [0, 0.05) is 11.9 Å². The van der Waals surface area contributed by atoms with Crippen LogP contribution in [0.25, 0.3) is 0 Å². The average molecular weight is 330 g/mol. The first-order valence-corrected chi connectivity index (χ1v) is 7.12. The summed E-state index contributed by atoms with van der Waals surface area (Å²) >= 11 is 3.42. The maximum atomic E-state index is 8.82. The number of rotatable bonds is 2. The van der Waals surface area contributed by atoms with Crippen molar-refractivity contribution < 1.29 is 0 Å². The van der Waals surface area contributed by atoms with Crippen molar-refractivity contribution in [3.8, 4) is 6.07 Å². The molecule has 1 aromatic carbocycles. The zero-order valence-electron chi connectivity index (χ0n) is 11.7. The Morgan fingerprint density at radius 3 is 2.35 bits per heavy atom.